The van der Waals surface area contributed by atoms with E-state index in [1.165, 1.54) is 6.07 Å². The Kier molecular flexibility index (Phi) is 4.46. The molecule has 26 heavy (non-hydrogen) atoms. The maximum Gasteiger partial charge on any atom is 0.417 e. The van der Waals surface area contributed by atoms with Crippen molar-refractivity contribution in [2.24, 2.45) is 0 Å². The van der Waals surface area contributed by atoms with Crippen molar-refractivity contribution in [2.75, 3.05) is 5.01 Å². The van der Waals surface area contributed by atoms with Crippen LogP contribution in [0.15, 0.2) is 53.4 Å². The summed E-state index contributed by atoms with van der Waals surface area (Å²) in [6, 6.07) is 14.1. The molecule has 0 aromatic heterocycles. The second kappa shape index (κ2) is 6.34. The fourth-order valence-electron chi connectivity index (χ4n) is 2.78. The van der Waals surface area contributed by atoms with Crippen LogP contribution in [0.1, 0.15) is 25.0 Å². The number of nitrogens with zero attached hydrogens (tertiary/aromatic N) is 2. The summed E-state index contributed by atoms with van der Waals surface area (Å²) in [4.78, 5) is 16.2. The van der Waals surface area contributed by atoms with Gasteiger partial charge in [-0.1, -0.05) is 29.3 Å². The molecule has 1 fully saturated rings. The quantitative estimate of drug-likeness (QED) is 0.769. The van der Waals surface area contributed by atoms with E-state index >= 15 is 0 Å². The van der Waals surface area contributed by atoms with Crippen molar-refractivity contribution in [1.29, 1.82) is 5.26 Å². The van der Waals surface area contributed by atoms with Gasteiger partial charge in [-0.2, -0.15) is 23.3 Å². The number of carbonyl (C=O) groups excluding carboxylic acids is 1. The molecule has 0 aliphatic carbocycles. The fraction of sp³-hybridized carbons (Fsp3) is 0.222. The summed E-state index contributed by atoms with van der Waals surface area (Å²) in [5.74, 6) is 0. The first-order chi connectivity index (χ1) is 12.2. The Morgan fingerprint density at radius 3 is 2.38 bits per heavy atom. The van der Waals surface area contributed by atoms with E-state index in [0.29, 0.717) is 0 Å². The third-order valence-corrected chi connectivity index (χ3v) is 6.34. The number of benzene rings is 2. The molecule has 0 bridgehead atoms. The minimum atomic E-state index is -4.66. The van der Waals surface area contributed by atoms with Crippen LogP contribution in [0.25, 0.3) is 0 Å². The minimum absolute atomic E-state index is 0.186. The Morgan fingerprint density at radius 2 is 1.81 bits per heavy atom. The zero-order chi connectivity index (χ0) is 19.1. The van der Waals surface area contributed by atoms with Crippen LogP contribution in [-0.2, 0) is 11.0 Å². The maximum absolute atomic E-state index is 13.2. The molecule has 1 heterocycles. The summed E-state index contributed by atoms with van der Waals surface area (Å²) in [5, 5.41) is 10.4. The SMILES string of the molecule is CC1(C)C(=O)[SH](c2ccc(C#N)c(C(F)(F)F)c2)NN1c1ccccc1. The molecule has 3 rings (SSSR count). The molecule has 0 amide bonds. The van der Waals surface area contributed by atoms with Gasteiger partial charge in [0.05, 0.1) is 22.9 Å². The molecule has 2 aromatic rings. The van der Waals surface area contributed by atoms with Gasteiger partial charge in [-0.3, -0.25) is 9.80 Å². The van der Waals surface area contributed by atoms with Crippen LogP contribution in [0.3, 0.4) is 0 Å². The smallest absolute Gasteiger partial charge is 0.286 e. The lowest BCUT2D eigenvalue weighted by Gasteiger charge is -2.30. The van der Waals surface area contributed by atoms with Crippen molar-refractivity contribution in [3.05, 3.63) is 59.7 Å². The minimum Gasteiger partial charge on any atom is -0.286 e. The van der Waals surface area contributed by atoms with Crippen LogP contribution >= 0.6 is 11.1 Å². The molecule has 1 aliphatic heterocycles. The predicted molar refractivity (Wildman–Crippen MR) is 94.6 cm³/mol. The summed E-state index contributed by atoms with van der Waals surface area (Å²) in [6.07, 6.45) is -4.66. The normalized spacial score (nSPS) is 20.8. The van der Waals surface area contributed by atoms with Crippen LogP contribution in [0, 0.1) is 11.3 Å². The highest BCUT2D eigenvalue weighted by atomic mass is 32.2. The molecule has 136 valence electrons. The molecule has 0 spiro atoms. The topological polar surface area (TPSA) is 56.1 Å². The first-order valence-corrected chi connectivity index (χ1v) is 9.08. The monoisotopic (exact) mass is 379 g/mol. The number of thiol groups is 1. The molecule has 1 unspecified atom stereocenters. The number of nitrogens with one attached hydrogen (secondary N) is 1. The lowest BCUT2D eigenvalue weighted by molar-refractivity contribution is -0.138. The zero-order valence-electron chi connectivity index (χ0n) is 14.0. The van der Waals surface area contributed by atoms with E-state index < -0.39 is 33.9 Å². The van der Waals surface area contributed by atoms with Crippen LogP contribution in [0.5, 0.6) is 0 Å². The second-order valence-corrected chi connectivity index (χ2v) is 8.10. The summed E-state index contributed by atoms with van der Waals surface area (Å²) >= 11 is -1.71. The van der Waals surface area contributed by atoms with Gasteiger partial charge in [-0.25, -0.2) is 0 Å². The third kappa shape index (κ3) is 3.04. The molecule has 1 N–H and O–H groups in total. The zero-order valence-corrected chi connectivity index (χ0v) is 14.9. The van der Waals surface area contributed by atoms with E-state index in [1.807, 2.05) is 30.3 Å². The largest absolute Gasteiger partial charge is 0.417 e. The van der Waals surface area contributed by atoms with Crippen molar-refractivity contribution in [2.45, 2.75) is 30.5 Å². The number of para-hydroxylation sites is 1. The van der Waals surface area contributed by atoms with Gasteiger partial charge < -0.3 is 0 Å². The van der Waals surface area contributed by atoms with Gasteiger partial charge in [0, 0.05) is 4.90 Å². The van der Waals surface area contributed by atoms with Gasteiger partial charge in [0.2, 0.25) is 5.12 Å². The van der Waals surface area contributed by atoms with E-state index in [4.69, 9.17) is 5.26 Å². The van der Waals surface area contributed by atoms with E-state index in [-0.39, 0.29) is 10.0 Å². The number of carbonyl (C=O) groups is 1. The molecule has 1 atom stereocenters. The Hall–Kier alpha value is -2.50. The average molecular weight is 379 g/mol. The summed E-state index contributed by atoms with van der Waals surface area (Å²) in [6.45, 7) is 3.46. The highest BCUT2D eigenvalue weighted by molar-refractivity contribution is 8.28. The lowest BCUT2D eigenvalue weighted by Crippen LogP contribution is -2.46. The number of rotatable bonds is 2. The van der Waals surface area contributed by atoms with Gasteiger partial charge >= 0.3 is 6.18 Å². The molecule has 0 radical (unpaired) electrons. The van der Waals surface area contributed by atoms with Crippen molar-refractivity contribution < 1.29 is 18.0 Å². The third-order valence-electron chi connectivity index (χ3n) is 4.19. The van der Waals surface area contributed by atoms with Crippen LogP contribution < -0.4 is 9.84 Å². The van der Waals surface area contributed by atoms with Crippen molar-refractivity contribution in [3.8, 4) is 6.07 Å². The molecule has 2 aromatic carbocycles. The predicted octanol–water partition coefficient (Wildman–Crippen LogP) is 4.18. The van der Waals surface area contributed by atoms with Crippen LogP contribution in [0.4, 0.5) is 18.9 Å². The van der Waals surface area contributed by atoms with Gasteiger partial charge in [0.25, 0.3) is 0 Å². The Labute approximate surface area is 151 Å². The lowest BCUT2D eigenvalue weighted by atomic mass is 10.1. The molecule has 0 saturated carbocycles. The molecule has 1 aliphatic rings. The number of halogens is 3. The first kappa shape index (κ1) is 18.3. The Bertz CT molecular complexity index is 891. The number of alkyl halides is 3. The van der Waals surface area contributed by atoms with Crippen molar-refractivity contribution in [1.82, 2.24) is 4.83 Å². The standard InChI is InChI=1S/C18H16F3N3OS/c1-17(2)16(25)26(23-24(17)13-6-4-3-5-7-13)14-9-8-12(11-22)15(10-14)18(19,20)21/h3-10,23,26H,1-2H3. The van der Waals surface area contributed by atoms with Crippen molar-refractivity contribution in [3.63, 3.8) is 0 Å². The Morgan fingerprint density at radius 1 is 1.15 bits per heavy atom. The number of hydrogen-bond donors (Lipinski definition) is 2. The highest BCUT2D eigenvalue weighted by Gasteiger charge is 2.46. The maximum atomic E-state index is 13.2. The molecule has 8 heteroatoms. The fourth-order valence-corrected chi connectivity index (χ4v) is 4.91. The van der Waals surface area contributed by atoms with Crippen LogP contribution in [0.2, 0.25) is 0 Å². The molecule has 1 saturated heterocycles. The van der Waals surface area contributed by atoms with E-state index in [2.05, 4.69) is 4.83 Å². The number of hydrogen-bond acceptors (Lipinski definition) is 4. The molecular weight excluding hydrogens is 363 g/mol. The van der Waals surface area contributed by atoms with Gasteiger partial charge in [-0.15, -0.1) is 0 Å². The van der Waals surface area contributed by atoms with E-state index in [1.54, 1.807) is 24.9 Å². The van der Waals surface area contributed by atoms with Gasteiger partial charge in [0.15, 0.2) is 0 Å². The van der Waals surface area contributed by atoms with Crippen LogP contribution in [-0.4, -0.2) is 10.7 Å². The van der Waals surface area contributed by atoms with E-state index in [0.717, 1.165) is 17.8 Å². The molecule has 4 nitrogen and oxygen atoms in total. The van der Waals surface area contributed by atoms with Crippen molar-refractivity contribution >= 4 is 21.9 Å². The second-order valence-electron chi connectivity index (χ2n) is 6.31. The number of anilines is 1. The molecular formula is C18H16F3N3OS. The summed E-state index contributed by atoms with van der Waals surface area (Å²) in [7, 11) is 0. The number of nitriles is 1. The summed E-state index contributed by atoms with van der Waals surface area (Å²) < 4.78 is 39.7. The van der Waals surface area contributed by atoms with Gasteiger partial charge in [0.1, 0.15) is 5.54 Å². The summed E-state index contributed by atoms with van der Waals surface area (Å²) in [5.41, 5.74) is -1.65. The van der Waals surface area contributed by atoms with Gasteiger partial charge in [-0.05, 0) is 44.2 Å². The number of hydrazine groups is 1. The van der Waals surface area contributed by atoms with E-state index in [9.17, 15) is 18.0 Å². The first-order valence-electron chi connectivity index (χ1n) is 7.74. The highest BCUT2D eigenvalue weighted by Crippen LogP contribution is 2.48. The average Bonchev–Trinajstić information content (AvgIpc) is 2.84. The Balaban J connectivity index is 2.03.